The molecular formula is C11H19F3N2O. The highest BCUT2D eigenvalue weighted by Crippen LogP contribution is 2.34. The Bertz CT molecular complexity index is 268. The predicted octanol–water partition coefficient (Wildman–Crippen LogP) is 1.83. The van der Waals surface area contributed by atoms with Crippen LogP contribution in [0.15, 0.2) is 0 Å². The second-order valence-corrected chi connectivity index (χ2v) is 4.61. The van der Waals surface area contributed by atoms with Crippen LogP contribution in [0.1, 0.15) is 33.1 Å². The molecule has 1 rings (SSSR count). The molecule has 1 saturated carbocycles. The summed E-state index contributed by atoms with van der Waals surface area (Å²) < 4.78 is 35.6. The van der Waals surface area contributed by atoms with Crippen molar-refractivity contribution in [3.8, 4) is 0 Å². The maximum absolute atomic E-state index is 11.9. The van der Waals surface area contributed by atoms with E-state index in [4.69, 9.17) is 0 Å². The SMILES string of the molecule is CCCC1CC1NC(C)C(=O)NCC(F)(F)F. The number of hydrogen-bond donors (Lipinski definition) is 2. The minimum absolute atomic E-state index is 0.293. The molecule has 0 aromatic heterocycles. The number of nitrogens with one attached hydrogen (secondary N) is 2. The van der Waals surface area contributed by atoms with Crippen molar-refractivity contribution >= 4 is 5.91 Å². The van der Waals surface area contributed by atoms with Crippen LogP contribution in [0.5, 0.6) is 0 Å². The average molecular weight is 252 g/mol. The van der Waals surface area contributed by atoms with Gasteiger partial charge in [0.05, 0.1) is 6.04 Å². The Labute approximate surface area is 99.1 Å². The van der Waals surface area contributed by atoms with Gasteiger partial charge in [0.15, 0.2) is 0 Å². The van der Waals surface area contributed by atoms with Gasteiger partial charge in [0.1, 0.15) is 6.54 Å². The molecule has 100 valence electrons. The quantitative estimate of drug-likeness (QED) is 0.757. The standard InChI is InChI=1S/C11H19F3N2O/c1-3-4-8-5-9(8)16-7(2)10(17)15-6-11(12,13)14/h7-9,16H,3-6H2,1-2H3,(H,15,17). The topological polar surface area (TPSA) is 41.1 Å². The Hall–Kier alpha value is -0.780. The van der Waals surface area contributed by atoms with Gasteiger partial charge < -0.3 is 10.6 Å². The van der Waals surface area contributed by atoms with Crippen molar-refractivity contribution in [3.05, 3.63) is 0 Å². The number of carbonyl (C=O) groups is 1. The highest BCUT2D eigenvalue weighted by molar-refractivity contribution is 5.81. The van der Waals surface area contributed by atoms with Crippen molar-refractivity contribution in [2.45, 2.75) is 51.4 Å². The van der Waals surface area contributed by atoms with Crippen LogP contribution in [0.3, 0.4) is 0 Å². The molecule has 0 radical (unpaired) electrons. The molecule has 0 aromatic rings. The normalized spacial score (nSPS) is 25.5. The van der Waals surface area contributed by atoms with Crippen molar-refractivity contribution < 1.29 is 18.0 Å². The Morgan fingerprint density at radius 2 is 2.12 bits per heavy atom. The van der Waals surface area contributed by atoms with E-state index < -0.39 is 24.7 Å². The number of carbonyl (C=O) groups excluding carboxylic acids is 1. The lowest BCUT2D eigenvalue weighted by Gasteiger charge is -2.15. The smallest absolute Gasteiger partial charge is 0.346 e. The first-order valence-corrected chi connectivity index (χ1v) is 5.94. The third-order valence-corrected chi connectivity index (χ3v) is 2.90. The summed E-state index contributed by atoms with van der Waals surface area (Å²) in [5.74, 6) is -0.0117. The Morgan fingerprint density at radius 1 is 1.47 bits per heavy atom. The molecular weight excluding hydrogens is 233 g/mol. The molecule has 0 heterocycles. The highest BCUT2D eigenvalue weighted by Gasteiger charge is 2.38. The molecule has 1 aliphatic rings. The minimum atomic E-state index is -4.35. The van der Waals surface area contributed by atoms with Crippen LogP contribution in [-0.4, -0.2) is 30.7 Å². The third kappa shape index (κ3) is 5.39. The second-order valence-electron chi connectivity index (χ2n) is 4.61. The molecule has 1 fully saturated rings. The van der Waals surface area contributed by atoms with Crippen molar-refractivity contribution in [1.82, 2.24) is 10.6 Å². The molecule has 17 heavy (non-hydrogen) atoms. The minimum Gasteiger partial charge on any atom is -0.346 e. The van der Waals surface area contributed by atoms with Gasteiger partial charge in [0.2, 0.25) is 5.91 Å². The number of amides is 1. The highest BCUT2D eigenvalue weighted by atomic mass is 19.4. The fourth-order valence-corrected chi connectivity index (χ4v) is 1.88. The van der Waals surface area contributed by atoms with Crippen molar-refractivity contribution in [2.24, 2.45) is 5.92 Å². The fourth-order valence-electron chi connectivity index (χ4n) is 1.88. The van der Waals surface area contributed by atoms with E-state index >= 15 is 0 Å². The van der Waals surface area contributed by atoms with Gasteiger partial charge >= 0.3 is 6.18 Å². The lowest BCUT2D eigenvalue weighted by atomic mass is 10.2. The lowest BCUT2D eigenvalue weighted by molar-refractivity contribution is -0.139. The maximum Gasteiger partial charge on any atom is 0.405 e. The number of alkyl halides is 3. The average Bonchev–Trinajstić information content (AvgIpc) is 2.92. The Kier molecular flexibility index (Phi) is 4.80. The summed E-state index contributed by atoms with van der Waals surface area (Å²) >= 11 is 0. The van der Waals surface area contributed by atoms with E-state index in [2.05, 4.69) is 12.2 Å². The summed E-state index contributed by atoms with van der Waals surface area (Å²) in [6, 6.07) is -0.272. The Morgan fingerprint density at radius 3 is 2.65 bits per heavy atom. The van der Waals surface area contributed by atoms with E-state index in [1.165, 1.54) is 0 Å². The van der Waals surface area contributed by atoms with Gasteiger partial charge in [-0.25, -0.2) is 0 Å². The summed E-state index contributed by atoms with van der Waals surface area (Å²) in [5, 5.41) is 4.92. The summed E-state index contributed by atoms with van der Waals surface area (Å²) in [6.07, 6.45) is -1.13. The van der Waals surface area contributed by atoms with Gasteiger partial charge in [-0.05, 0) is 25.7 Å². The van der Waals surface area contributed by atoms with Crippen LogP contribution in [0, 0.1) is 5.92 Å². The monoisotopic (exact) mass is 252 g/mol. The molecule has 0 spiro atoms. The second kappa shape index (κ2) is 5.71. The van der Waals surface area contributed by atoms with Gasteiger partial charge in [-0.15, -0.1) is 0 Å². The molecule has 3 unspecified atom stereocenters. The molecule has 0 aromatic carbocycles. The molecule has 0 bridgehead atoms. The van der Waals surface area contributed by atoms with Gasteiger partial charge in [-0.1, -0.05) is 13.3 Å². The van der Waals surface area contributed by atoms with E-state index in [1.807, 2.05) is 5.32 Å². The van der Waals surface area contributed by atoms with Gasteiger partial charge in [-0.3, -0.25) is 4.79 Å². The van der Waals surface area contributed by atoms with Crippen molar-refractivity contribution in [1.29, 1.82) is 0 Å². The van der Waals surface area contributed by atoms with E-state index in [1.54, 1.807) is 6.92 Å². The third-order valence-electron chi connectivity index (χ3n) is 2.90. The summed E-state index contributed by atoms with van der Waals surface area (Å²) in [7, 11) is 0. The zero-order valence-electron chi connectivity index (χ0n) is 10.1. The lowest BCUT2D eigenvalue weighted by Crippen LogP contribution is -2.46. The van der Waals surface area contributed by atoms with E-state index in [0.29, 0.717) is 12.0 Å². The van der Waals surface area contributed by atoms with Crippen LogP contribution in [0.4, 0.5) is 13.2 Å². The first-order chi connectivity index (χ1) is 7.83. The van der Waals surface area contributed by atoms with Gasteiger partial charge in [-0.2, -0.15) is 13.2 Å². The molecule has 0 aliphatic heterocycles. The molecule has 0 saturated heterocycles. The van der Waals surface area contributed by atoms with E-state index in [-0.39, 0.29) is 0 Å². The summed E-state index contributed by atoms with van der Waals surface area (Å²) in [4.78, 5) is 11.3. The summed E-state index contributed by atoms with van der Waals surface area (Å²) in [6.45, 7) is 2.42. The zero-order valence-corrected chi connectivity index (χ0v) is 10.1. The first kappa shape index (κ1) is 14.3. The van der Waals surface area contributed by atoms with Crippen LogP contribution in [0.25, 0.3) is 0 Å². The van der Waals surface area contributed by atoms with Gasteiger partial charge in [0, 0.05) is 6.04 Å². The van der Waals surface area contributed by atoms with Crippen LogP contribution in [-0.2, 0) is 4.79 Å². The van der Waals surface area contributed by atoms with Crippen LogP contribution in [0.2, 0.25) is 0 Å². The maximum atomic E-state index is 11.9. The Balaban J connectivity index is 2.20. The molecule has 1 aliphatic carbocycles. The predicted molar refractivity (Wildman–Crippen MR) is 58.5 cm³/mol. The fraction of sp³-hybridized carbons (Fsp3) is 0.909. The molecule has 3 atom stereocenters. The largest absolute Gasteiger partial charge is 0.405 e. The van der Waals surface area contributed by atoms with E-state index in [9.17, 15) is 18.0 Å². The van der Waals surface area contributed by atoms with Gasteiger partial charge in [0.25, 0.3) is 0 Å². The number of rotatable bonds is 6. The van der Waals surface area contributed by atoms with Crippen molar-refractivity contribution in [3.63, 3.8) is 0 Å². The number of halogens is 3. The van der Waals surface area contributed by atoms with Crippen LogP contribution < -0.4 is 10.6 Å². The molecule has 2 N–H and O–H groups in total. The van der Waals surface area contributed by atoms with Crippen LogP contribution >= 0.6 is 0 Å². The first-order valence-electron chi connectivity index (χ1n) is 5.94. The summed E-state index contributed by atoms with van der Waals surface area (Å²) in [5.41, 5.74) is 0. The molecule has 6 heteroatoms. The molecule has 1 amide bonds. The van der Waals surface area contributed by atoms with Crippen molar-refractivity contribution in [2.75, 3.05) is 6.54 Å². The molecule has 3 nitrogen and oxygen atoms in total. The number of hydrogen-bond acceptors (Lipinski definition) is 2. The van der Waals surface area contributed by atoms with E-state index in [0.717, 1.165) is 19.3 Å². The zero-order chi connectivity index (χ0) is 13.1.